The summed E-state index contributed by atoms with van der Waals surface area (Å²) in [4.78, 5) is 0. The predicted octanol–water partition coefficient (Wildman–Crippen LogP) is 4.44. The molecule has 2 aromatic carbocycles. The summed E-state index contributed by atoms with van der Waals surface area (Å²) in [6.07, 6.45) is 3.73. The van der Waals surface area contributed by atoms with Crippen molar-refractivity contribution in [3.8, 4) is 0 Å². The summed E-state index contributed by atoms with van der Waals surface area (Å²) in [5.74, 6) is 0. The van der Waals surface area contributed by atoms with Crippen LogP contribution in [-0.4, -0.2) is 10.8 Å². The molecular formula is C19H17IN2O. The fraction of sp³-hybridized carbons (Fsp3) is 0.105. The molecule has 0 bridgehead atoms. The lowest BCUT2D eigenvalue weighted by Gasteiger charge is -2.30. The average Bonchev–Trinajstić information content (AvgIpc) is 2.56. The number of aliphatic hydroxyl groups is 1. The number of halogens is 1. The van der Waals surface area contributed by atoms with E-state index in [9.17, 15) is 5.11 Å². The van der Waals surface area contributed by atoms with Gasteiger partial charge in [-0.15, -0.1) is 0 Å². The smallest absolute Gasteiger partial charge is 0.131 e. The van der Waals surface area contributed by atoms with Gasteiger partial charge in [0.05, 0.1) is 5.69 Å². The standard InChI is InChI=1S/C19H17IN2O/c1-14-11-12-22(17-9-4-3-5-10-17)21-18(14)19(2,23)15-7-6-8-16(20)13-15/h3-13,23H,1H2,2H3. The van der Waals surface area contributed by atoms with E-state index >= 15 is 0 Å². The number of anilines is 1. The van der Waals surface area contributed by atoms with Gasteiger partial charge in [0.1, 0.15) is 11.3 Å². The predicted molar refractivity (Wildman–Crippen MR) is 103 cm³/mol. The molecule has 0 saturated carbocycles. The number of hydrazone groups is 1. The first-order valence-electron chi connectivity index (χ1n) is 7.28. The number of rotatable bonds is 3. The van der Waals surface area contributed by atoms with E-state index in [0.717, 1.165) is 14.8 Å². The van der Waals surface area contributed by atoms with Crippen LogP contribution in [0.2, 0.25) is 0 Å². The molecule has 1 heterocycles. The molecule has 0 saturated heterocycles. The van der Waals surface area contributed by atoms with Crippen LogP contribution in [0, 0.1) is 3.57 Å². The van der Waals surface area contributed by atoms with E-state index in [4.69, 9.17) is 0 Å². The van der Waals surface area contributed by atoms with Gasteiger partial charge in [0.15, 0.2) is 0 Å². The van der Waals surface area contributed by atoms with Crippen molar-refractivity contribution >= 4 is 34.0 Å². The van der Waals surface area contributed by atoms with Crippen LogP contribution < -0.4 is 5.01 Å². The van der Waals surface area contributed by atoms with Gasteiger partial charge in [-0.25, -0.2) is 5.01 Å². The van der Waals surface area contributed by atoms with Gasteiger partial charge in [0, 0.05) is 9.77 Å². The van der Waals surface area contributed by atoms with Crippen LogP contribution in [0.5, 0.6) is 0 Å². The van der Waals surface area contributed by atoms with Crippen molar-refractivity contribution in [2.24, 2.45) is 5.10 Å². The molecule has 0 amide bonds. The van der Waals surface area contributed by atoms with Crippen LogP contribution in [-0.2, 0) is 5.60 Å². The van der Waals surface area contributed by atoms with E-state index in [2.05, 4.69) is 34.3 Å². The maximum Gasteiger partial charge on any atom is 0.131 e. The molecule has 0 fully saturated rings. The summed E-state index contributed by atoms with van der Waals surface area (Å²) in [5.41, 5.74) is 1.78. The van der Waals surface area contributed by atoms with Crippen LogP contribution in [0.1, 0.15) is 12.5 Å². The van der Waals surface area contributed by atoms with Gasteiger partial charge in [0.2, 0.25) is 0 Å². The van der Waals surface area contributed by atoms with Gasteiger partial charge in [-0.05, 0) is 71.0 Å². The van der Waals surface area contributed by atoms with E-state index in [1.807, 2.05) is 66.9 Å². The molecule has 0 aliphatic carbocycles. The topological polar surface area (TPSA) is 35.8 Å². The second-order valence-corrected chi connectivity index (χ2v) is 6.80. The highest BCUT2D eigenvalue weighted by molar-refractivity contribution is 14.1. The monoisotopic (exact) mass is 416 g/mol. The van der Waals surface area contributed by atoms with Crippen LogP contribution in [0.15, 0.2) is 84.1 Å². The molecule has 1 atom stereocenters. The molecule has 3 nitrogen and oxygen atoms in total. The second kappa shape index (κ2) is 6.29. The number of hydrogen-bond donors (Lipinski definition) is 1. The minimum atomic E-state index is -1.21. The fourth-order valence-electron chi connectivity index (χ4n) is 2.51. The zero-order valence-electron chi connectivity index (χ0n) is 12.8. The Morgan fingerprint density at radius 2 is 1.87 bits per heavy atom. The quantitative estimate of drug-likeness (QED) is 0.751. The number of allylic oxidation sites excluding steroid dienone is 1. The number of benzene rings is 2. The average molecular weight is 416 g/mol. The van der Waals surface area contributed by atoms with Crippen molar-refractivity contribution in [3.63, 3.8) is 0 Å². The van der Waals surface area contributed by atoms with Gasteiger partial charge in [0.25, 0.3) is 0 Å². The summed E-state index contributed by atoms with van der Waals surface area (Å²) < 4.78 is 1.07. The lowest BCUT2D eigenvalue weighted by molar-refractivity contribution is 0.133. The van der Waals surface area contributed by atoms with Crippen LogP contribution in [0.25, 0.3) is 0 Å². The maximum atomic E-state index is 11.1. The Labute approximate surface area is 149 Å². The molecular weight excluding hydrogens is 399 g/mol. The van der Waals surface area contributed by atoms with E-state index in [-0.39, 0.29) is 0 Å². The van der Waals surface area contributed by atoms with E-state index < -0.39 is 5.60 Å². The first kappa shape index (κ1) is 16.0. The molecule has 2 aromatic rings. The highest BCUT2D eigenvalue weighted by Crippen LogP contribution is 2.30. The van der Waals surface area contributed by atoms with Crippen molar-refractivity contribution in [1.29, 1.82) is 0 Å². The minimum Gasteiger partial charge on any atom is -0.379 e. The van der Waals surface area contributed by atoms with Gasteiger partial charge in [-0.3, -0.25) is 0 Å². The number of nitrogens with zero attached hydrogens (tertiary/aromatic N) is 2. The lowest BCUT2D eigenvalue weighted by atomic mass is 9.87. The zero-order valence-corrected chi connectivity index (χ0v) is 14.9. The third-order valence-corrected chi connectivity index (χ3v) is 4.47. The molecule has 0 aromatic heterocycles. The molecule has 1 N–H and O–H groups in total. The highest BCUT2D eigenvalue weighted by atomic mass is 127. The van der Waals surface area contributed by atoms with Crippen molar-refractivity contribution in [1.82, 2.24) is 0 Å². The number of para-hydroxylation sites is 1. The van der Waals surface area contributed by atoms with Gasteiger partial charge < -0.3 is 5.11 Å². The third-order valence-electron chi connectivity index (χ3n) is 3.80. The van der Waals surface area contributed by atoms with E-state index in [1.165, 1.54) is 0 Å². The summed E-state index contributed by atoms with van der Waals surface area (Å²) >= 11 is 2.24. The molecule has 4 heteroatoms. The molecule has 1 aliphatic heterocycles. The van der Waals surface area contributed by atoms with Crippen molar-refractivity contribution in [2.75, 3.05) is 5.01 Å². The lowest BCUT2D eigenvalue weighted by Crippen LogP contribution is -2.36. The summed E-state index contributed by atoms with van der Waals surface area (Å²) in [5, 5.41) is 17.5. The molecule has 1 unspecified atom stereocenters. The van der Waals surface area contributed by atoms with Crippen LogP contribution in [0.3, 0.4) is 0 Å². The molecule has 1 aliphatic rings. The number of hydrogen-bond acceptors (Lipinski definition) is 3. The van der Waals surface area contributed by atoms with Gasteiger partial charge in [-0.1, -0.05) is 36.9 Å². The molecule has 0 radical (unpaired) electrons. The first-order chi connectivity index (χ1) is 11.0. The van der Waals surface area contributed by atoms with Gasteiger partial charge >= 0.3 is 0 Å². The SMILES string of the molecule is C=C1C=CN(c2ccccc2)N=C1C(C)(O)c1cccc(I)c1. The Balaban J connectivity index is 2.02. The minimum absolute atomic E-state index is 0.547. The highest BCUT2D eigenvalue weighted by Gasteiger charge is 2.33. The Hall–Kier alpha value is -1.92. The summed E-state index contributed by atoms with van der Waals surface area (Å²) in [7, 11) is 0. The largest absolute Gasteiger partial charge is 0.379 e. The summed E-state index contributed by atoms with van der Waals surface area (Å²) in [6, 6.07) is 17.6. The Bertz CT molecular complexity index is 794. The Kier molecular flexibility index (Phi) is 4.37. The normalized spacial score (nSPS) is 16.9. The molecule has 0 spiro atoms. The van der Waals surface area contributed by atoms with Crippen molar-refractivity contribution in [2.45, 2.75) is 12.5 Å². The Morgan fingerprint density at radius 3 is 2.57 bits per heavy atom. The van der Waals surface area contributed by atoms with Crippen molar-refractivity contribution < 1.29 is 5.11 Å². The van der Waals surface area contributed by atoms with E-state index in [0.29, 0.717) is 11.3 Å². The summed E-state index contributed by atoms with van der Waals surface area (Å²) in [6.45, 7) is 5.79. The second-order valence-electron chi connectivity index (χ2n) is 5.55. The van der Waals surface area contributed by atoms with Crippen LogP contribution >= 0.6 is 22.6 Å². The fourth-order valence-corrected chi connectivity index (χ4v) is 3.05. The first-order valence-corrected chi connectivity index (χ1v) is 8.35. The molecule has 3 rings (SSSR count). The van der Waals surface area contributed by atoms with Gasteiger partial charge in [-0.2, -0.15) is 5.10 Å². The molecule has 116 valence electrons. The third kappa shape index (κ3) is 3.23. The zero-order chi connectivity index (χ0) is 16.4. The maximum absolute atomic E-state index is 11.1. The van der Waals surface area contributed by atoms with Crippen molar-refractivity contribution in [3.05, 3.63) is 88.2 Å². The Morgan fingerprint density at radius 1 is 1.13 bits per heavy atom. The van der Waals surface area contributed by atoms with Crippen LogP contribution in [0.4, 0.5) is 5.69 Å². The molecule has 23 heavy (non-hydrogen) atoms. The van der Waals surface area contributed by atoms with E-state index in [1.54, 1.807) is 11.9 Å².